The summed E-state index contributed by atoms with van der Waals surface area (Å²) in [6, 6.07) is -0.137. The zero-order chi connectivity index (χ0) is 12.0. The number of allylic oxidation sites excluding steroid dienone is 1. The van der Waals surface area contributed by atoms with E-state index < -0.39 is 18.4 Å². The van der Waals surface area contributed by atoms with E-state index in [9.17, 15) is 21.7 Å². The van der Waals surface area contributed by atoms with Gasteiger partial charge in [0.2, 0.25) is 0 Å². The van der Waals surface area contributed by atoms with Crippen LogP contribution in [0.1, 0.15) is 19.3 Å². The Morgan fingerprint density at radius 2 is 1.82 bits per heavy atom. The molecule has 0 radical (unpaired) electrons. The van der Waals surface area contributed by atoms with E-state index in [4.69, 9.17) is 0 Å². The Labute approximate surface area is 139 Å². The number of likely N-dealkylation sites (tertiary alicyclic amines) is 1. The van der Waals surface area contributed by atoms with Crippen molar-refractivity contribution in [2.24, 2.45) is 0 Å². The van der Waals surface area contributed by atoms with Crippen molar-refractivity contribution in [1.82, 2.24) is 4.90 Å². The molecule has 8 heteroatoms. The molecule has 1 aliphatic heterocycles. The molecule has 0 saturated carbocycles. The van der Waals surface area contributed by atoms with Gasteiger partial charge in [0.05, 0.1) is 13.1 Å². The molecule has 2 aliphatic rings. The van der Waals surface area contributed by atoms with Gasteiger partial charge in [-0.25, -0.2) is 8.78 Å². The molecule has 0 N–H and O–H groups in total. The third kappa shape index (κ3) is 4.01. The molecule has 0 aromatic heterocycles. The van der Waals surface area contributed by atoms with Gasteiger partial charge in [-0.05, 0) is 12.8 Å². The van der Waals surface area contributed by atoms with E-state index in [1.807, 2.05) is 0 Å². The van der Waals surface area contributed by atoms with Gasteiger partial charge in [-0.3, -0.25) is 4.90 Å². The molecule has 0 spiro atoms. The Morgan fingerprint density at radius 3 is 2.18 bits per heavy atom. The van der Waals surface area contributed by atoms with E-state index in [1.165, 1.54) is 6.08 Å². The number of halogens is 5. The van der Waals surface area contributed by atoms with Crippen molar-refractivity contribution in [2.75, 3.05) is 13.1 Å². The van der Waals surface area contributed by atoms with Gasteiger partial charge in [-0.15, -0.1) is 11.5 Å². The van der Waals surface area contributed by atoms with Crippen LogP contribution in [0.2, 0.25) is 0 Å². The fraction of sp³-hybridized carbons (Fsp3) is 0.778. The third-order valence-electron chi connectivity index (χ3n) is 3.22. The van der Waals surface area contributed by atoms with E-state index in [0.717, 1.165) is 0 Å². The normalized spacial score (nSPS) is 29.0. The van der Waals surface area contributed by atoms with E-state index in [0.29, 0.717) is 6.42 Å². The fourth-order valence-electron chi connectivity index (χ4n) is 2.28. The first kappa shape index (κ1) is 16.1. The van der Waals surface area contributed by atoms with Crippen LogP contribution in [-0.4, -0.2) is 36.9 Å². The van der Waals surface area contributed by atoms with Crippen LogP contribution in [0.3, 0.4) is 0 Å². The average molecular weight is 279 g/mol. The molecular weight excluding hydrogens is 267 g/mol. The summed E-state index contributed by atoms with van der Waals surface area (Å²) in [4.78, 5) is 1.57. The minimum absolute atomic E-state index is 0. The van der Waals surface area contributed by atoms with Crippen LogP contribution >= 0.6 is 0 Å². The summed E-state index contributed by atoms with van der Waals surface area (Å²) in [5, 5.41) is 0. The number of alkyl halides is 2. The molecule has 0 aromatic carbocycles. The summed E-state index contributed by atoms with van der Waals surface area (Å²) in [6.07, 6.45) is 1.72. The zero-order valence-electron chi connectivity index (χ0n) is 9.60. The monoisotopic (exact) mass is 279 g/mol. The molecule has 1 atom stereocenters. The first-order chi connectivity index (χ1) is 7.28. The molecule has 1 heterocycles. The number of rotatable bonds is 2. The van der Waals surface area contributed by atoms with Gasteiger partial charge in [-0.2, -0.15) is 0 Å². The quantitative estimate of drug-likeness (QED) is 0.500. The van der Waals surface area contributed by atoms with Crippen molar-refractivity contribution in [1.29, 1.82) is 0 Å². The molecule has 0 aromatic rings. The van der Waals surface area contributed by atoms with Crippen LogP contribution in [0.5, 0.6) is 0 Å². The van der Waals surface area contributed by atoms with Crippen molar-refractivity contribution in [3.63, 3.8) is 0 Å². The molecule has 1 fully saturated rings. The average Bonchev–Trinajstić information content (AvgIpc) is 2.13. The topological polar surface area (TPSA) is 3.24 Å². The van der Waals surface area contributed by atoms with Crippen LogP contribution in [-0.2, 0) is 0 Å². The van der Waals surface area contributed by atoms with Gasteiger partial charge < -0.3 is 12.9 Å². The van der Waals surface area contributed by atoms with Crippen molar-refractivity contribution < 1.29 is 73.1 Å². The minimum Gasteiger partial charge on any atom is -0.445 e. The molecule has 1 unspecified atom stereocenters. The Bertz CT molecular complexity index is 309. The summed E-state index contributed by atoms with van der Waals surface area (Å²) in [5.74, 6) is -2.64. The van der Waals surface area contributed by atoms with Gasteiger partial charge in [0.25, 0.3) is 5.92 Å². The summed E-state index contributed by atoms with van der Waals surface area (Å²) >= 11 is 0. The smallest absolute Gasteiger partial charge is 0.445 e. The minimum atomic E-state index is -4.88. The predicted octanol–water partition coefficient (Wildman–Crippen LogP) is -0.193. The molecule has 0 bridgehead atoms. The van der Waals surface area contributed by atoms with Gasteiger partial charge in [0.15, 0.2) is 0 Å². The van der Waals surface area contributed by atoms with Crippen molar-refractivity contribution in [3.05, 3.63) is 11.5 Å². The standard InChI is InChI=1S/C9H12BF5N.K/c11-9(12)5-16(6-9)8-3-1-7(2-4-8)10(13,14)15;/h1,8H,2-6H2;/q-1;+1. The van der Waals surface area contributed by atoms with Crippen LogP contribution in [0.4, 0.5) is 21.7 Å². The van der Waals surface area contributed by atoms with E-state index >= 15 is 0 Å². The number of hydrogen-bond acceptors (Lipinski definition) is 1. The summed E-state index contributed by atoms with van der Waals surface area (Å²) < 4.78 is 62.2. The molecule has 2 rings (SSSR count). The SMILES string of the molecule is F[B-](F)(F)C1=CCC(N2CC(F)(F)C2)CC1.[K+]. The molecule has 17 heavy (non-hydrogen) atoms. The molecule has 1 aliphatic carbocycles. The zero-order valence-corrected chi connectivity index (χ0v) is 12.7. The summed E-state index contributed by atoms with van der Waals surface area (Å²) in [7, 11) is 0. The van der Waals surface area contributed by atoms with E-state index in [1.54, 1.807) is 4.90 Å². The molecular formula is C9H12BF5KN. The van der Waals surface area contributed by atoms with Crippen LogP contribution in [0.15, 0.2) is 11.5 Å². The van der Waals surface area contributed by atoms with Gasteiger partial charge in [0.1, 0.15) is 0 Å². The van der Waals surface area contributed by atoms with Crippen molar-refractivity contribution in [3.8, 4) is 0 Å². The largest absolute Gasteiger partial charge is 1.00 e. The number of hydrogen-bond donors (Lipinski definition) is 0. The second-order valence-corrected chi connectivity index (χ2v) is 4.54. The van der Waals surface area contributed by atoms with Crippen LogP contribution in [0.25, 0.3) is 0 Å². The first-order valence-electron chi connectivity index (χ1n) is 5.29. The molecule has 1 saturated heterocycles. The molecule has 1 nitrogen and oxygen atoms in total. The van der Waals surface area contributed by atoms with Gasteiger partial charge in [-0.1, -0.05) is 6.42 Å². The maximum atomic E-state index is 12.6. The second-order valence-electron chi connectivity index (χ2n) is 4.54. The maximum absolute atomic E-state index is 12.6. The molecule has 92 valence electrons. The Hall–Kier alpha value is 1.05. The second kappa shape index (κ2) is 5.58. The van der Waals surface area contributed by atoms with E-state index in [2.05, 4.69) is 0 Å². The third-order valence-corrected chi connectivity index (χ3v) is 3.22. The summed E-state index contributed by atoms with van der Waals surface area (Å²) in [6.45, 7) is -5.50. The predicted molar refractivity (Wildman–Crippen MR) is 51.3 cm³/mol. The van der Waals surface area contributed by atoms with Crippen LogP contribution in [0, 0.1) is 0 Å². The fourth-order valence-corrected chi connectivity index (χ4v) is 2.28. The van der Waals surface area contributed by atoms with Crippen molar-refractivity contribution in [2.45, 2.75) is 31.2 Å². The Morgan fingerprint density at radius 1 is 1.24 bits per heavy atom. The van der Waals surface area contributed by atoms with Crippen LogP contribution < -0.4 is 51.4 Å². The maximum Gasteiger partial charge on any atom is 1.00 e. The molecule has 0 amide bonds. The Balaban J connectivity index is 0.00000144. The van der Waals surface area contributed by atoms with Crippen molar-refractivity contribution >= 4 is 6.98 Å². The van der Waals surface area contributed by atoms with Gasteiger partial charge in [0, 0.05) is 6.04 Å². The number of nitrogens with zero attached hydrogens (tertiary/aromatic N) is 1. The summed E-state index contributed by atoms with van der Waals surface area (Å²) in [5.41, 5.74) is -0.455. The van der Waals surface area contributed by atoms with Gasteiger partial charge >= 0.3 is 58.4 Å². The first-order valence-corrected chi connectivity index (χ1v) is 5.29. The van der Waals surface area contributed by atoms with E-state index in [-0.39, 0.29) is 83.4 Å². The Kier molecular flexibility index (Phi) is 5.29.